The summed E-state index contributed by atoms with van der Waals surface area (Å²) in [6.07, 6.45) is -4.83. The predicted molar refractivity (Wildman–Crippen MR) is 71.7 cm³/mol. The average molecular weight is 334 g/mol. The third kappa shape index (κ3) is 5.37. The average Bonchev–Trinajstić information content (AvgIpc) is 2.42. The molecule has 0 radical (unpaired) electrons. The van der Waals surface area contributed by atoms with Crippen molar-refractivity contribution in [3.8, 4) is 6.07 Å². The molecule has 0 heterocycles. The molecule has 22 heavy (non-hydrogen) atoms. The Kier molecular flexibility index (Phi) is 5.54. The van der Waals surface area contributed by atoms with Gasteiger partial charge in [0.15, 0.2) is 15.6 Å². The van der Waals surface area contributed by atoms with Gasteiger partial charge in [-0.1, -0.05) is 0 Å². The maximum absolute atomic E-state index is 12.2. The molecule has 120 valence electrons. The number of sulfone groups is 1. The minimum Gasteiger partial charge on any atom is -0.351 e. The Bertz CT molecular complexity index is 676. The van der Waals surface area contributed by atoms with Gasteiger partial charge >= 0.3 is 6.18 Å². The standard InChI is InChI=1S/C13H13F3N2O3S/c1-9(6-17)7-18-12(19)10-2-4-11(5-3-10)22(20,21)8-13(14,15)16/h2-5,9H,7-8H2,1H3,(H,18,19). The zero-order valence-electron chi connectivity index (χ0n) is 11.5. The molecule has 0 aliphatic carbocycles. The Morgan fingerprint density at radius 3 is 2.32 bits per heavy atom. The monoisotopic (exact) mass is 334 g/mol. The van der Waals surface area contributed by atoms with Crippen LogP contribution in [-0.2, 0) is 9.84 Å². The first-order chi connectivity index (χ1) is 10.0. The van der Waals surface area contributed by atoms with Crippen molar-refractivity contribution in [3.63, 3.8) is 0 Å². The lowest BCUT2D eigenvalue weighted by atomic mass is 10.2. The number of nitriles is 1. The molecule has 1 aromatic carbocycles. The second kappa shape index (κ2) is 6.79. The number of hydrogen-bond donors (Lipinski definition) is 1. The van der Waals surface area contributed by atoms with Gasteiger partial charge in [0.1, 0.15) is 0 Å². The maximum atomic E-state index is 12.2. The Morgan fingerprint density at radius 2 is 1.86 bits per heavy atom. The molecule has 0 aliphatic rings. The van der Waals surface area contributed by atoms with Crippen LogP contribution in [0.5, 0.6) is 0 Å². The number of rotatable bonds is 5. The van der Waals surface area contributed by atoms with Crippen LogP contribution in [0.4, 0.5) is 13.2 Å². The number of carbonyl (C=O) groups is 1. The summed E-state index contributed by atoms with van der Waals surface area (Å²) in [7, 11) is -4.49. The van der Waals surface area contributed by atoms with E-state index in [0.29, 0.717) is 0 Å². The Morgan fingerprint density at radius 1 is 1.32 bits per heavy atom. The van der Waals surface area contributed by atoms with Crippen molar-refractivity contribution in [1.82, 2.24) is 5.32 Å². The Balaban J connectivity index is 2.83. The van der Waals surface area contributed by atoms with Crippen LogP contribution in [0, 0.1) is 17.2 Å². The normalized spacial score (nSPS) is 13.2. The van der Waals surface area contributed by atoms with Crippen molar-refractivity contribution in [2.24, 2.45) is 5.92 Å². The van der Waals surface area contributed by atoms with Crippen molar-refractivity contribution in [2.75, 3.05) is 12.3 Å². The lowest BCUT2D eigenvalue weighted by Gasteiger charge is -2.09. The number of alkyl halides is 3. The van der Waals surface area contributed by atoms with Gasteiger partial charge in [-0.25, -0.2) is 8.42 Å². The molecule has 0 saturated heterocycles. The van der Waals surface area contributed by atoms with Gasteiger partial charge in [0.25, 0.3) is 5.91 Å². The minimum absolute atomic E-state index is 0.0936. The molecule has 0 bridgehead atoms. The maximum Gasteiger partial charge on any atom is 0.403 e. The zero-order chi connectivity index (χ0) is 17.0. The fourth-order valence-electron chi connectivity index (χ4n) is 1.51. The number of benzene rings is 1. The first kappa shape index (κ1) is 18.0. The number of amides is 1. The van der Waals surface area contributed by atoms with Crippen LogP contribution < -0.4 is 5.32 Å². The van der Waals surface area contributed by atoms with Crippen molar-refractivity contribution in [1.29, 1.82) is 5.26 Å². The third-order valence-corrected chi connectivity index (χ3v) is 4.32. The summed E-state index contributed by atoms with van der Waals surface area (Å²) in [5.74, 6) is -2.89. The first-order valence-corrected chi connectivity index (χ1v) is 7.78. The van der Waals surface area contributed by atoms with E-state index in [-0.39, 0.29) is 12.1 Å². The van der Waals surface area contributed by atoms with Gasteiger partial charge in [-0.15, -0.1) is 0 Å². The van der Waals surface area contributed by atoms with Gasteiger partial charge < -0.3 is 5.32 Å². The van der Waals surface area contributed by atoms with Gasteiger partial charge in [-0.3, -0.25) is 4.79 Å². The zero-order valence-corrected chi connectivity index (χ0v) is 12.3. The van der Waals surface area contributed by atoms with Gasteiger partial charge in [-0.2, -0.15) is 18.4 Å². The van der Waals surface area contributed by atoms with Crippen molar-refractivity contribution in [2.45, 2.75) is 18.0 Å². The van der Waals surface area contributed by atoms with Crippen LogP contribution in [0.15, 0.2) is 29.2 Å². The summed E-state index contributed by atoms with van der Waals surface area (Å²) in [5.41, 5.74) is 0.0936. The number of hydrogen-bond acceptors (Lipinski definition) is 4. The van der Waals surface area contributed by atoms with Crippen LogP contribution in [0.2, 0.25) is 0 Å². The third-order valence-electron chi connectivity index (χ3n) is 2.62. The van der Waals surface area contributed by atoms with Crippen LogP contribution in [-0.4, -0.2) is 32.8 Å². The Labute approximate surface area is 125 Å². The van der Waals surface area contributed by atoms with E-state index in [1.807, 2.05) is 6.07 Å². The summed E-state index contributed by atoms with van der Waals surface area (Å²) in [6, 6.07) is 6.06. The van der Waals surface area contributed by atoms with E-state index in [1.165, 1.54) is 0 Å². The SMILES string of the molecule is CC(C#N)CNC(=O)c1ccc(S(=O)(=O)CC(F)(F)F)cc1. The first-order valence-electron chi connectivity index (χ1n) is 6.12. The number of halogens is 3. The molecule has 1 atom stereocenters. The molecule has 0 aromatic heterocycles. The molecule has 0 fully saturated rings. The number of carbonyl (C=O) groups excluding carboxylic acids is 1. The molecular weight excluding hydrogens is 321 g/mol. The summed E-state index contributed by atoms with van der Waals surface area (Å²) in [5, 5.41) is 11.0. The lowest BCUT2D eigenvalue weighted by molar-refractivity contribution is -0.106. The van der Waals surface area contributed by atoms with Gasteiger partial charge in [0.05, 0.1) is 16.9 Å². The van der Waals surface area contributed by atoms with Crippen LogP contribution >= 0.6 is 0 Å². The Hall–Kier alpha value is -2.08. The molecule has 1 N–H and O–H groups in total. The van der Waals surface area contributed by atoms with Crippen LogP contribution in [0.25, 0.3) is 0 Å². The highest BCUT2D eigenvalue weighted by atomic mass is 32.2. The highest BCUT2D eigenvalue weighted by molar-refractivity contribution is 7.91. The largest absolute Gasteiger partial charge is 0.403 e. The summed E-state index contributed by atoms with van der Waals surface area (Å²) >= 11 is 0. The molecule has 9 heteroatoms. The van der Waals surface area contributed by atoms with E-state index in [2.05, 4.69) is 5.32 Å². The summed E-state index contributed by atoms with van der Waals surface area (Å²) in [6.45, 7) is 1.72. The van der Waals surface area contributed by atoms with E-state index in [1.54, 1.807) is 6.92 Å². The second-order valence-corrected chi connectivity index (χ2v) is 6.63. The molecule has 1 amide bonds. The fraction of sp³-hybridized carbons (Fsp3) is 0.385. The molecule has 0 saturated carbocycles. The minimum atomic E-state index is -4.83. The van der Waals surface area contributed by atoms with Crippen LogP contribution in [0.1, 0.15) is 17.3 Å². The molecule has 1 aromatic rings. The smallest absolute Gasteiger partial charge is 0.351 e. The fourth-order valence-corrected chi connectivity index (χ4v) is 2.65. The van der Waals surface area contributed by atoms with Gasteiger partial charge in [0, 0.05) is 12.1 Å². The highest BCUT2D eigenvalue weighted by Gasteiger charge is 2.35. The van der Waals surface area contributed by atoms with Crippen LogP contribution in [0.3, 0.4) is 0 Å². The van der Waals surface area contributed by atoms with E-state index >= 15 is 0 Å². The quantitative estimate of drug-likeness (QED) is 0.891. The van der Waals surface area contributed by atoms with Gasteiger partial charge in [-0.05, 0) is 31.2 Å². The van der Waals surface area contributed by atoms with E-state index in [9.17, 15) is 26.4 Å². The van der Waals surface area contributed by atoms with Gasteiger partial charge in [0.2, 0.25) is 0 Å². The van der Waals surface area contributed by atoms with Crippen molar-refractivity contribution >= 4 is 15.7 Å². The summed E-state index contributed by atoms with van der Waals surface area (Å²) in [4.78, 5) is 11.2. The molecule has 0 aliphatic heterocycles. The molecule has 1 unspecified atom stereocenters. The summed E-state index contributed by atoms with van der Waals surface area (Å²) < 4.78 is 59.6. The number of nitrogens with zero attached hydrogens (tertiary/aromatic N) is 1. The van der Waals surface area contributed by atoms with E-state index in [4.69, 9.17) is 5.26 Å². The van der Waals surface area contributed by atoms with E-state index < -0.39 is 38.5 Å². The molecular formula is C13H13F3N2O3S. The molecule has 1 rings (SSSR count). The van der Waals surface area contributed by atoms with Crippen molar-refractivity contribution < 1.29 is 26.4 Å². The molecule has 0 spiro atoms. The second-order valence-electron chi connectivity index (χ2n) is 4.64. The molecule has 5 nitrogen and oxygen atoms in total. The lowest BCUT2D eigenvalue weighted by Crippen LogP contribution is -2.27. The number of nitrogens with one attached hydrogen (secondary N) is 1. The van der Waals surface area contributed by atoms with Crippen molar-refractivity contribution in [3.05, 3.63) is 29.8 Å². The topological polar surface area (TPSA) is 87.0 Å². The predicted octanol–water partition coefficient (Wildman–Crippen LogP) is 1.91. The van der Waals surface area contributed by atoms with E-state index in [0.717, 1.165) is 24.3 Å². The highest BCUT2D eigenvalue weighted by Crippen LogP contribution is 2.22.